The average Bonchev–Trinajstić information content (AvgIpc) is 3.35. The molecule has 4 aromatic rings. The van der Waals surface area contributed by atoms with E-state index in [0.717, 1.165) is 27.8 Å². The van der Waals surface area contributed by atoms with Crippen LogP contribution in [0.15, 0.2) is 64.4 Å². The summed E-state index contributed by atoms with van der Waals surface area (Å²) in [6, 6.07) is 15.7. The van der Waals surface area contributed by atoms with Gasteiger partial charge in [-0.2, -0.15) is 0 Å². The summed E-state index contributed by atoms with van der Waals surface area (Å²) < 4.78 is 16.5. The SMILES string of the molecule is c1cnc2c(CSc3nnc(-c4ccc5c(c4)OCO5)o3)cccc2c1. The summed E-state index contributed by atoms with van der Waals surface area (Å²) in [4.78, 5) is 4.47. The summed E-state index contributed by atoms with van der Waals surface area (Å²) in [5.41, 5.74) is 2.94. The molecule has 0 radical (unpaired) electrons. The number of benzene rings is 2. The van der Waals surface area contributed by atoms with E-state index in [1.54, 1.807) is 6.20 Å². The van der Waals surface area contributed by atoms with E-state index in [-0.39, 0.29) is 6.79 Å². The Kier molecular flexibility index (Phi) is 3.71. The Balaban J connectivity index is 1.36. The Bertz CT molecular complexity index is 1090. The predicted molar refractivity (Wildman–Crippen MR) is 97.2 cm³/mol. The third-order valence-electron chi connectivity index (χ3n) is 4.09. The van der Waals surface area contributed by atoms with Gasteiger partial charge in [0.1, 0.15) is 0 Å². The zero-order valence-corrected chi connectivity index (χ0v) is 14.4. The van der Waals surface area contributed by atoms with Crippen molar-refractivity contribution in [2.45, 2.75) is 11.0 Å². The maximum absolute atomic E-state index is 5.79. The zero-order chi connectivity index (χ0) is 17.3. The summed E-state index contributed by atoms with van der Waals surface area (Å²) in [5, 5.41) is 9.91. The number of aromatic nitrogens is 3. The van der Waals surface area contributed by atoms with Crippen molar-refractivity contribution in [1.82, 2.24) is 15.2 Å². The van der Waals surface area contributed by atoms with Crippen LogP contribution < -0.4 is 9.47 Å². The van der Waals surface area contributed by atoms with Gasteiger partial charge in [0.25, 0.3) is 5.22 Å². The second kappa shape index (κ2) is 6.34. The third-order valence-corrected chi connectivity index (χ3v) is 4.96. The highest BCUT2D eigenvalue weighted by atomic mass is 32.2. The van der Waals surface area contributed by atoms with Crippen molar-refractivity contribution in [3.05, 3.63) is 60.3 Å². The van der Waals surface area contributed by atoms with Gasteiger partial charge in [0.15, 0.2) is 11.5 Å². The number of hydrogen-bond acceptors (Lipinski definition) is 7. The molecular formula is C19H13N3O3S. The van der Waals surface area contributed by atoms with Crippen molar-refractivity contribution >= 4 is 22.7 Å². The molecule has 0 atom stereocenters. The Labute approximate surface area is 153 Å². The molecule has 0 fully saturated rings. The fraction of sp³-hybridized carbons (Fsp3) is 0.105. The van der Waals surface area contributed by atoms with Crippen LogP contribution in [-0.4, -0.2) is 22.0 Å². The molecule has 128 valence electrons. The van der Waals surface area contributed by atoms with E-state index in [0.29, 0.717) is 22.6 Å². The summed E-state index contributed by atoms with van der Waals surface area (Å²) in [6.45, 7) is 0.239. The van der Waals surface area contributed by atoms with E-state index >= 15 is 0 Å². The molecule has 0 bridgehead atoms. The number of ether oxygens (including phenoxy) is 2. The fourth-order valence-corrected chi connectivity index (χ4v) is 3.59. The molecule has 7 heteroatoms. The summed E-state index contributed by atoms with van der Waals surface area (Å²) >= 11 is 1.49. The van der Waals surface area contributed by atoms with Gasteiger partial charge in [0.2, 0.25) is 12.7 Å². The number of hydrogen-bond donors (Lipinski definition) is 0. The van der Waals surface area contributed by atoms with E-state index in [2.05, 4.69) is 33.4 Å². The Morgan fingerprint density at radius 2 is 1.88 bits per heavy atom. The first-order chi connectivity index (χ1) is 12.9. The molecule has 26 heavy (non-hydrogen) atoms. The number of pyridine rings is 1. The van der Waals surface area contributed by atoms with Gasteiger partial charge in [-0.1, -0.05) is 36.0 Å². The third kappa shape index (κ3) is 2.76. The van der Waals surface area contributed by atoms with Crippen molar-refractivity contribution in [3.8, 4) is 23.0 Å². The minimum Gasteiger partial charge on any atom is -0.454 e. The highest BCUT2D eigenvalue weighted by molar-refractivity contribution is 7.98. The molecule has 0 unspecified atom stereocenters. The molecule has 0 aliphatic carbocycles. The minimum atomic E-state index is 0.239. The average molecular weight is 363 g/mol. The first kappa shape index (κ1) is 15.2. The van der Waals surface area contributed by atoms with Crippen LogP contribution in [0.5, 0.6) is 11.5 Å². The normalized spacial score (nSPS) is 12.6. The predicted octanol–water partition coefficient (Wildman–Crippen LogP) is 4.31. The molecular weight excluding hydrogens is 350 g/mol. The van der Waals surface area contributed by atoms with Crippen LogP contribution in [0.2, 0.25) is 0 Å². The Morgan fingerprint density at radius 1 is 0.962 bits per heavy atom. The zero-order valence-electron chi connectivity index (χ0n) is 13.6. The van der Waals surface area contributed by atoms with Gasteiger partial charge in [-0.25, -0.2) is 0 Å². The summed E-state index contributed by atoms with van der Waals surface area (Å²) in [6.07, 6.45) is 1.81. The van der Waals surface area contributed by atoms with Crippen LogP contribution in [0.1, 0.15) is 5.56 Å². The van der Waals surface area contributed by atoms with Crippen LogP contribution in [0.4, 0.5) is 0 Å². The summed E-state index contributed by atoms with van der Waals surface area (Å²) in [5.74, 6) is 2.59. The van der Waals surface area contributed by atoms with Gasteiger partial charge in [0.05, 0.1) is 5.52 Å². The van der Waals surface area contributed by atoms with Crippen molar-refractivity contribution in [3.63, 3.8) is 0 Å². The molecule has 0 N–H and O–H groups in total. The highest BCUT2D eigenvalue weighted by Gasteiger charge is 2.17. The van der Waals surface area contributed by atoms with Crippen LogP contribution in [-0.2, 0) is 5.75 Å². The standard InChI is InChI=1S/C19H13N3O3S/c1-3-12-5-2-8-20-17(12)14(4-1)10-26-19-22-21-18(25-19)13-6-7-15-16(9-13)24-11-23-15/h1-9H,10-11H2. The molecule has 1 aliphatic rings. The largest absolute Gasteiger partial charge is 0.454 e. The second-order valence-corrected chi connectivity index (χ2v) is 6.65. The van der Waals surface area contributed by atoms with Gasteiger partial charge >= 0.3 is 0 Å². The molecule has 1 aliphatic heterocycles. The van der Waals surface area contributed by atoms with Gasteiger partial charge in [-0.3, -0.25) is 4.98 Å². The lowest BCUT2D eigenvalue weighted by Gasteiger charge is -2.03. The maximum atomic E-state index is 5.79. The molecule has 0 spiro atoms. The van der Waals surface area contributed by atoms with E-state index in [1.165, 1.54) is 11.8 Å². The quantitative estimate of drug-likeness (QED) is 0.500. The number of para-hydroxylation sites is 1. The lowest BCUT2D eigenvalue weighted by atomic mass is 10.1. The van der Waals surface area contributed by atoms with Crippen molar-refractivity contribution in [1.29, 1.82) is 0 Å². The monoisotopic (exact) mass is 363 g/mol. The van der Waals surface area contributed by atoms with Crippen LogP contribution in [0, 0.1) is 0 Å². The molecule has 2 aromatic heterocycles. The number of thioether (sulfide) groups is 1. The molecule has 0 saturated heterocycles. The molecule has 0 amide bonds. The van der Waals surface area contributed by atoms with E-state index in [9.17, 15) is 0 Å². The topological polar surface area (TPSA) is 70.3 Å². The molecule has 6 nitrogen and oxygen atoms in total. The lowest BCUT2D eigenvalue weighted by Crippen LogP contribution is -1.92. The van der Waals surface area contributed by atoms with E-state index < -0.39 is 0 Å². The van der Waals surface area contributed by atoms with Gasteiger partial charge < -0.3 is 13.9 Å². The first-order valence-corrected chi connectivity index (χ1v) is 9.04. The number of rotatable bonds is 4. The minimum absolute atomic E-state index is 0.239. The molecule has 0 saturated carbocycles. The molecule has 3 heterocycles. The van der Waals surface area contributed by atoms with Crippen LogP contribution >= 0.6 is 11.8 Å². The molecule has 2 aromatic carbocycles. The summed E-state index contributed by atoms with van der Waals surface area (Å²) in [7, 11) is 0. The van der Waals surface area contributed by atoms with Crippen molar-refractivity contribution in [2.75, 3.05) is 6.79 Å². The van der Waals surface area contributed by atoms with Crippen molar-refractivity contribution < 1.29 is 13.9 Å². The number of fused-ring (bicyclic) bond motifs is 2. The first-order valence-electron chi connectivity index (χ1n) is 8.06. The number of nitrogens with zero attached hydrogens (tertiary/aromatic N) is 3. The van der Waals surface area contributed by atoms with Gasteiger partial charge in [0, 0.05) is 22.9 Å². The van der Waals surface area contributed by atoms with Crippen LogP contribution in [0.25, 0.3) is 22.4 Å². The Morgan fingerprint density at radius 3 is 2.88 bits per heavy atom. The van der Waals surface area contributed by atoms with Crippen molar-refractivity contribution in [2.24, 2.45) is 0 Å². The van der Waals surface area contributed by atoms with Crippen LogP contribution in [0.3, 0.4) is 0 Å². The lowest BCUT2D eigenvalue weighted by molar-refractivity contribution is 0.174. The Hall–Kier alpha value is -3.06. The maximum Gasteiger partial charge on any atom is 0.277 e. The van der Waals surface area contributed by atoms with E-state index in [4.69, 9.17) is 13.9 Å². The van der Waals surface area contributed by atoms with Gasteiger partial charge in [-0.05, 0) is 29.8 Å². The molecule has 5 rings (SSSR count). The smallest absolute Gasteiger partial charge is 0.277 e. The highest BCUT2D eigenvalue weighted by Crippen LogP contribution is 2.36. The second-order valence-electron chi connectivity index (χ2n) is 5.72. The fourth-order valence-electron chi connectivity index (χ4n) is 2.84. The van der Waals surface area contributed by atoms with E-state index in [1.807, 2.05) is 30.3 Å². The van der Waals surface area contributed by atoms with Gasteiger partial charge in [-0.15, -0.1) is 10.2 Å².